The predicted molar refractivity (Wildman–Crippen MR) is 111 cm³/mol. The van der Waals surface area contributed by atoms with E-state index in [-0.39, 0.29) is 11.8 Å². The first-order valence-electron chi connectivity index (χ1n) is 7.95. The second kappa shape index (κ2) is 8.61. The number of alkyl halides is 3. The van der Waals surface area contributed by atoms with Gasteiger partial charge in [0.1, 0.15) is 5.75 Å². The van der Waals surface area contributed by atoms with Gasteiger partial charge in [-0.05, 0) is 34.9 Å². The standard InChI is InChI=1S/C20H15Cl3N2O2/c1-26-17-11-8-16(9-12-17)7-4-14-2-5-15(6-3-14)10-13-18-24-25-19(27-18)20(21,22)23/h2-13H,1H3/b7-4+,13-10+. The molecule has 0 bridgehead atoms. The van der Waals surface area contributed by atoms with Gasteiger partial charge in [0.25, 0.3) is 9.68 Å². The van der Waals surface area contributed by atoms with Gasteiger partial charge in [-0.15, -0.1) is 10.2 Å². The molecule has 0 fully saturated rings. The van der Waals surface area contributed by atoms with Gasteiger partial charge < -0.3 is 9.15 Å². The smallest absolute Gasteiger partial charge is 0.268 e. The van der Waals surface area contributed by atoms with Gasteiger partial charge in [0.05, 0.1) is 7.11 Å². The highest BCUT2D eigenvalue weighted by atomic mass is 35.6. The third-order valence-electron chi connectivity index (χ3n) is 3.62. The molecular weight excluding hydrogens is 407 g/mol. The second-order valence-electron chi connectivity index (χ2n) is 5.55. The normalized spacial score (nSPS) is 12.1. The van der Waals surface area contributed by atoms with Crippen LogP contribution in [0.4, 0.5) is 0 Å². The van der Waals surface area contributed by atoms with E-state index in [2.05, 4.69) is 10.2 Å². The molecule has 138 valence electrons. The molecule has 4 nitrogen and oxygen atoms in total. The van der Waals surface area contributed by atoms with E-state index < -0.39 is 3.79 Å². The van der Waals surface area contributed by atoms with Crippen molar-refractivity contribution >= 4 is 59.1 Å². The predicted octanol–water partition coefficient (Wildman–Crippen LogP) is 6.25. The van der Waals surface area contributed by atoms with Crippen LogP contribution in [0.1, 0.15) is 28.5 Å². The van der Waals surface area contributed by atoms with Gasteiger partial charge in [0.15, 0.2) is 0 Å². The van der Waals surface area contributed by atoms with Gasteiger partial charge in [0.2, 0.25) is 5.89 Å². The average Bonchev–Trinajstić information content (AvgIpc) is 3.15. The molecule has 0 aliphatic carbocycles. The summed E-state index contributed by atoms with van der Waals surface area (Å²) >= 11 is 17.1. The van der Waals surface area contributed by atoms with Crippen LogP contribution >= 0.6 is 34.8 Å². The molecule has 0 spiro atoms. The molecule has 0 unspecified atom stereocenters. The lowest BCUT2D eigenvalue weighted by molar-refractivity contribution is 0.415. The summed E-state index contributed by atoms with van der Waals surface area (Å²) in [7, 11) is 1.65. The summed E-state index contributed by atoms with van der Waals surface area (Å²) in [5, 5.41) is 7.51. The number of rotatable bonds is 5. The van der Waals surface area contributed by atoms with Crippen molar-refractivity contribution in [1.29, 1.82) is 0 Å². The van der Waals surface area contributed by atoms with Gasteiger partial charge in [-0.2, -0.15) is 0 Å². The SMILES string of the molecule is COc1ccc(/C=C/c2ccc(/C=C/c3nnc(C(Cl)(Cl)Cl)o3)cc2)cc1. The Hall–Kier alpha value is -2.27. The van der Waals surface area contributed by atoms with Crippen LogP contribution in [-0.4, -0.2) is 17.3 Å². The zero-order valence-electron chi connectivity index (χ0n) is 14.3. The van der Waals surface area contributed by atoms with E-state index in [1.165, 1.54) is 0 Å². The van der Waals surface area contributed by atoms with Crippen molar-refractivity contribution in [2.24, 2.45) is 0 Å². The maximum absolute atomic E-state index is 5.69. The highest BCUT2D eigenvalue weighted by Gasteiger charge is 2.29. The Kier molecular flexibility index (Phi) is 6.22. The topological polar surface area (TPSA) is 48.2 Å². The summed E-state index contributed by atoms with van der Waals surface area (Å²) in [6, 6.07) is 15.9. The van der Waals surface area contributed by atoms with Crippen LogP contribution in [0.2, 0.25) is 0 Å². The van der Waals surface area contributed by atoms with Crippen molar-refractivity contribution in [2.45, 2.75) is 3.79 Å². The van der Waals surface area contributed by atoms with Crippen LogP contribution in [0.15, 0.2) is 52.9 Å². The van der Waals surface area contributed by atoms with E-state index >= 15 is 0 Å². The molecular formula is C20H15Cl3N2O2. The van der Waals surface area contributed by atoms with E-state index in [1.807, 2.05) is 66.8 Å². The lowest BCUT2D eigenvalue weighted by Gasteiger charge is -2.01. The quantitative estimate of drug-likeness (QED) is 0.361. The first-order valence-corrected chi connectivity index (χ1v) is 9.08. The number of nitrogens with zero attached hydrogens (tertiary/aromatic N) is 2. The summed E-state index contributed by atoms with van der Waals surface area (Å²) in [5.74, 6) is 1.04. The van der Waals surface area contributed by atoms with Crippen molar-refractivity contribution in [1.82, 2.24) is 10.2 Å². The molecule has 2 aromatic carbocycles. The van der Waals surface area contributed by atoms with Crippen molar-refractivity contribution in [3.8, 4) is 5.75 Å². The highest BCUT2D eigenvalue weighted by molar-refractivity contribution is 6.66. The Morgan fingerprint density at radius 1 is 0.778 bits per heavy atom. The first kappa shape index (κ1) is 19.5. The fourth-order valence-electron chi connectivity index (χ4n) is 2.21. The van der Waals surface area contributed by atoms with Crippen LogP contribution in [0, 0.1) is 0 Å². The maximum Gasteiger partial charge on any atom is 0.268 e. The Morgan fingerprint density at radius 3 is 1.70 bits per heavy atom. The van der Waals surface area contributed by atoms with Gasteiger partial charge in [-0.1, -0.05) is 83.4 Å². The Morgan fingerprint density at radius 2 is 1.26 bits per heavy atom. The molecule has 3 rings (SSSR count). The molecule has 1 heterocycles. The highest BCUT2D eigenvalue weighted by Crippen LogP contribution is 2.37. The van der Waals surface area contributed by atoms with E-state index in [1.54, 1.807) is 13.2 Å². The molecule has 7 heteroatoms. The van der Waals surface area contributed by atoms with Gasteiger partial charge >= 0.3 is 0 Å². The fourth-order valence-corrected chi connectivity index (χ4v) is 2.44. The molecule has 3 aromatic rings. The molecule has 0 atom stereocenters. The number of hydrogen-bond acceptors (Lipinski definition) is 4. The average molecular weight is 422 g/mol. The summed E-state index contributed by atoms with van der Waals surface area (Å²) in [4.78, 5) is 0. The van der Waals surface area contributed by atoms with Crippen molar-refractivity contribution in [3.05, 3.63) is 77.0 Å². The zero-order valence-corrected chi connectivity index (χ0v) is 16.5. The number of halogens is 3. The third-order valence-corrected chi connectivity index (χ3v) is 4.11. The van der Waals surface area contributed by atoms with Gasteiger partial charge in [-0.3, -0.25) is 0 Å². The summed E-state index contributed by atoms with van der Waals surface area (Å²) in [5.41, 5.74) is 3.16. The molecule has 27 heavy (non-hydrogen) atoms. The molecule has 0 N–H and O–H groups in total. The molecule has 1 aromatic heterocycles. The summed E-state index contributed by atoms with van der Waals surface area (Å²) < 4.78 is 8.70. The monoisotopic (exact) mass is 420 g/mol. The lowest BCUT2D eigenvalue weighted by Crippen LogP contribution is -1.99. The maximum atomic E-state index is 5.69. The van der Waals surface area contributed by atoms with E-state index in [0.29, 0.717) is 0 Å². The van der Waals surface area contributed by atoms with Crippen molar-refractivity contribution < 1.29 is 9.15 Å². The minimum Gasteiger partial charge on any atom is -0.497 e. The molecule has 0 amide bonds. The number of hydrogen-bond donors (Lipinski definition) is 0. The number of aromatic nitrogens is 2. The Labute approximate surface area is 172 Å². The van der Waals surface area contributed by atoms with Crippen LogP contribution in [-0.2, 0) is 3.79 Å². The molecule has 0 saturated carbocycles. The van der Waals surface area contributed by atoms with E-state index in [4.69, 9.17) is 44.0 Å². The lowest BCUT2D eigenvalue weighted by atomic mass is 10.1. The molecule has 0 aliphatic rings. The van der Waals surface area contributed by atoms with Crippen LogP contribution in [0.5, 0.6) is 5.75 Å². The third kappa shape index (κ3) is 5.60. The minimum absolute atomic E-state index is 0.0637. The van der Waals surface area contributed by atoms with Crippen LogP contribution in [0.25, 0.3) is 24.3 Å². The Balaban J connectivity index is 1.64. The first-order chi connectivity index (χ1) is 12.9. The summed E-state index contributed by atoms with van der Waals surface area (Å²) in [6.45, 7) is 0. The van der Waals surface area contributed by atoms with Crippen molar-refractivity contribution in [2.75, 3.05) is 7.11 Å². The zero-order chi connectivity index (χ0) is 19.3. The van der Waals surface area contributed by atoms with Gasteiger partial charge in [0, 0.05) is 6.08 Å². The molecule has 0 radical (unpaired) electrons. The van der Waals surface area contributed by atoms with E-state index in [9.17, 15) is 0 Å². The number of ether oxygens (including phenoxy) is 1. The van der Waals surface area contributed by atoms with E-state index in [0.717, 1.165) is 22.4 Å². The number of benzene rings is 2. The van der Waals surface area contributed by atoms with Crippen LogP contribution < -0.4 is 4.74 Å². The number of methoxy groups -OCH3 is 1. The molecule has 0 aliphatic heterocycles. The summed E-state index contributed by atoms with van der Waals surface area (Å²) in [6.07, 6.45) is 7.59. The second-order valence-corrected chi connectivity index (χ2v) is 7.83. The van der Waals surface area contributed by atoms with Crippen molar-refractivity contribution in [3.63, 3.8) is 0 Å². The van der Waals surface area contributed by atoms with Crippen LogP contribution in [0.3, 0.4) is 0 Å². The molecule has 0 saturated heterocycles. The van der Waals surface area contributed by atoms with Gasteiger partial charge in [-0.25, -0.2) is 0 Å². The fraction of sp³-hybridized carbons (Fsp3) is 0.100. The largest absolute Gasteiger partial charge is 0.497 e. The minimum atomic E-state index is -1.73. The Bertz CT molecular complexity index is 941.